The molecule has 4 aromatic heterocycles. The van der Waals surface area contributed by atoms with Crippen molar-refractivity contribution in [3.63, 3.8) is 0 Å². The molecule has 0 radical (unpaired) electrons. The van der Waals surface area contributed by atoms with E-state index >= 15 is 0 Å². The summed E-state index contributed by atoms with van der Waals surface area (Å²) in [6.45, 7) is 0. The summed E-state index contributed by atoms with van der Waals surface area (Å²) in [6.07, 6.45) is 0. The van der Waals surface area contributed by atoms with Crippen LogP contribution < -0.4 is 0 Å². The largest absolute Gasteiger partial charge is 0.309 e. The standard InChI is InChI=1S/C48H28N4S/c1-7-17-41-33(11-1)34-12-2-8-18-42(34)51(41)32-23-21-29-26-38-35-13-3-9-19-43(35)52(44(38)27-31(29)25-32)48-47(49-39-15-5-6-16-40(39)50-48)30-22-24-37-36-14-4-10-20-45(36)53-46(37)28-30/h1-28H. The Balaban J connectivity index is 1.14. The minimum Gasteiger partial charge on any atom is -0.309 e. The van der Waals surface area contributed by atoms with E-state index < -0.39 is 0 Å². The summed E-state index contributed by atoms with van der Waals surface area (Å²) in [4.78, 5) is 10.8. The highest BCUT2D eigenvalue weighted by molar-refractivity contribution is 7.25. The molecule has 4 nitrogen and oxygen atoms in total. The number of fused-ring (bicyclic) bond motifs is 11. The van der Waals surface area contributed by atoms with E-state index in [2.05, 4.69) is 167 Å². The minimum absolute atomic E-state index is 0.827. The SMILES string of the molecule is c1ccc2nc(-n3c4ccccc4c4cc5ccc(-n6c7ccccc7c7ccccc76)cc5cc43)c(-c3ccc4c(c3)sc3ccccc34)nc2c1. The second-order valence-electron chi connectivity index (χ2n) is 13.8. The third-order valence-corrected chi connectivity index (χ3v) is 12.0. The Morgan fingerprint density at radius 3 is 1.74 bits per heavy atom. The normalized spacial score (nSPS) is 12.2. The zero-order chi connectivity index (χ0) is 34.6. The Bertz CT molecular complexity index is 3420. The van der Waals surface area contributed by atoms with Crippen LogP contribution in [0.4, 0.5) is 0 Å². The molecule has 0 bridgehead atoms. The van der Waals surface area contributed by atoms with Crippen LogP contribution >= 0.6 is 11.3 Å². The fourth-order valence-corrected chi connectivity index (χ4v) is 9.63. The quantitative estimate of drug-likeness (QED) is 0.185. The lowest BCUT2D eigenvalue weighted by atomic mass is 10.0. The number of para-hydroxylation sites is 5. The molecule has 0 aliphatic rings. The molecule has 8 aromatic carbocycles. The van der Waals surface area contributed by atoms with Crippen molar-refractivity contribution >= 4 is 96.9 Å². The van der Waals surface area contributed by atoms with Gasteiger partial charge in [-0.05, 0) is 77.5 Å². The Morgan fingerprint density at radius 1 is 0.377 bits per heavy atom. The second-order valence-corrected chi connectivity index (χ2v) is 14.9. The zero-order valence-electron chi connectivity index (χ0n) is 28.4. The average molecular weight is 693 g/mol. The number of nitrogens with zero attached hydrogens (tertiary/aromatic N) is 4. The molecule has 246 valence electrons. The summed E-state index contributed by atoms with van der Waals surface area (Å²) < 4.78 is 7.26. The number of aromatic nitrogens is 4. The third kappa shape index (κ3) is 4.17. The number of hydrogen-bond acceptors (Lipinski definition) is 3. The summed E-state index contributed by atoms with van der Waals surface area (Å²) in [6, 6.07) is 61.2. The van der Waals surface area contributed by atoms with Crippen molar-refractivity contribution < 1.29 is 0 Å². The number of rotatable bonds is 3. The molecule has 12 aromatic rings. The lowest BCUT2D eigenvalue weighted by Gasteiger charge is -2.14. The van der Waals surface area contributed by atoms with Gasteiger partial charge in [0.15, 0.2) is 5.82 Å². The van der Waals surface area contributed by atoms with Gasteiger partial charge in [-0.15, -0.1) is 11.3 Å². The maximum absolute atomic E-state index is 5.42. The average Bonchev–Trinajstić information content (AvgIpc) is 3.86. The molecule has 5 heteroatoms. The van der Waals surface area contributed by atoms with E-state index in [1.165, 1.54) is 63.5 Å². The molecule has 0 aliphatic heterocycles. The predicted octanol–water partition coefficient (Wildman–Crippen LogP) is 13.0. The van der Waals surface area contributed by atoms with Gasteiger partial charge in [-0.25, -0.2) is 9.97 Å². The number of benzene rings is 8. The highest BCUT2D eigenvalue weighted by atomic mass is 32.1. The fourth-order valence-electron chi connectivity index (χ4n) is 8.48. The molecule has 4 heterocycles. The van der Waals surface area contributed by atoms with E-state index in [4.69, 9.17) is 9.97 Å². The molecule has 0 saturated heterocycles. The van der Waals surface area contributed by atoms with E-state index in [-0.39, 0.29) is 0 Å². The van der Waals surface area contributed by atoms with Crippen LogP contribution in [0.2, 0.25) is 0 Å². The Morgan fingerprint density at radius 2 is 0.981 bits per heavy atom. The molecule has 0 aliphatic carbocycles. The smallest absolute Gasteiger partial charge is 0.165 e. The van der Waals surface area contributed by atoms with Crippen LogP contribution in [-0.2, 0) is 0 Å². The van der Waals surface area contributed by atoms with Crippen molar-refractivity contribution in [1.82, 2.24) is 19.1 Å². The lowest BCUT2D eigenvalue weighted by molar-refractivity contribution is 1.08. The zero-order valence-corrected chi connectivity index (χ0v) is 29.2. The van der Waals surface area contributed by atoms with E-state index in [9.17, 15) is 0 Å². The van der Waals surface area contributed by atoms with Crippen molar-refractivity contribution in [2.24, 2.45) is 0 Å². The number of hydrogen-bond donors (Lipinski definition) is 0. The van der Waals surface area contributed by atoms with E-state index in [0.717, 1.165) is 44.8 Å². The highest BCUT2D eigenvalue weighted by Crippen LogP contribution is 2.41. The van der Waals surface area contributed by atoms with Crippen LogP contribution in [0.1, 0.15) is 0 Å². The summed E-state index contributed by atoms with van der Waals surface area (Å²) in [5.74, 6) is 0.827. The van der Waals surface area contributed by atoms with Crippen LogP contribution in [-0.4, -0.2) is 19.1 Å². The van der Waals surface area contributed by atoms with Crippen molar-refractivity contribution in [3.8, 4) is 22.8 Å². The first kappa shape index (κ1) is 28.8. The summed E-state index contributed by atoms with van der Waals surface area (Å²) in [5, 5.41) is 9.83. The maximum Gasteiger partial charge on any atom is 0.165 e. The molecular weight excluding hydrogens is 665 g/mol. The molecular formula is C48H28N4S. The van der Waals surface area contributed by atoms with E-state index in [1.807, 2.05) is 23.5 Å². The van der Waals surface area contributed by atoms with E-state index in [0.29, 0.717) is 0 Å². The Hall–Kier alpha value is -6.82. The van der Waals surface area contributed by atoms with Gasteiger partial charge in [-0.2, -0.15) is 0 Å². The van der Waals surface area contributed by atoms with Gasteiger partial charge >= 0.3 is 0 Å². The summed E-state index contributed by atoms with van der Waals surface area (Å²) in [5.41, 5.74) is 9.42. The highest BCUT2D eigenvalue weighted by Gasteiger charge is 2.21. The van der Waals surface area contributed by atoms with Crippen molar-refractivity contribution in [1.29, 1.82) is 0 Å². The molecule has 0 fully saturated rings. The predicted molar refractivity (Wildman–Crippen MR) is 224 cm³/mol. The minimum atomic E-state index is 0.827. The molecule has 0 spiro atoms. The molecule has 0 unspecified atom stereocenters. The number of thiophene rings is 1. The third-order valence-electron chi connectivity index (χ3n) is 10.9. The van der Waals surface area contributed by atoms with E-state index in [1.54, 1.807) is 0 Å². The van der Waals surface area contributed by atoms with Gasteiger partial charge in [0.25, 0.3) is 0 Å². The molecule has 12 rings (SSSR count). The molecule has 0 saturated carbocycles. The summed E-state index contributed by atoms with van der Waals surface area (Å²) >= 11 is 1.83. The van der Waals surface area contributed by atoms with Crippen molar-refractivity contribution in [3.05, 3.63) is 170 Å². The van der Waals surface area contributed by atoms with Crippen molar-refractivity contribution in [2.45, 2.75) is 0 Å². The van der Waals surface area contributed by atoms with Crippen LogP contribution in [0.5, 0.6) is 0 Å². The summed E-state index contributed by atoms with van der Waals surface area (Å²) in [7, 11) is 0. The second kappa shape index (κ2) is 10.8. The van der Waals surface area contributed by atoms with Crippen LogP contribution in [0.3, 0.4) is 0 Å². The molecule has 53 heavy (non-hydrogen) atoms. The van der Waals surface area contributed by atoms with Gasteiger partial charge in [0.1, 0.15) is 5.69 Å². The topological polar surface area (TPSA) is 35.6 Å². The van der Waals surface area contributed by atoms with Gasteiger partial charge in [0, 0.05) is 53.0 Å². The lowest BCUT2D eigenvalue weighted by Crippen LogP contribution is -2.03. The maximum atomic E-state index is 5.42. The monoisotopic (exact) mass is 692 g/mol. The van der Waals surface area contributed by atoms with Crippen LogP contribution in [0, 0.1) is 0 Å². The Labute approximate surface area is 307 Å². The van der Waals surface area contributed by atoms with Gasteiger partial charge in [-0.1, -0.05) is 103 Å². The van der Waals surface area contributed by atoms with Crippen LogP contribution in [0.15, 0.2) is 170 Å². The molecule has 0 atom stereocenters. The first-order chi connectivity index (χ1) is 26.3. The van der Waals surface area contributed by atoms with Gasteiger partial charge in [0.2, 0.25) is 0 Å². The van der Waals surface area contributed by atoms with Gasteiger partial charge in [-0.3, -0.25) is 4.57 Å². The first-order valence-corrected chi connectivity index (χ1v) is 18.7. The van der Waals surface area contributed by atoms with Crippen LogP contribution in [0.25, 0.3) is 108 Å². The first-order valence-electron chi connectivity index (χ1n) is 17.9. The molecule has 0 N–H and O–H groups in total. The van der Waals surface area contributed by atoms with Crippen molar-refractivity contribution in [2.75, 3.05) is 0 Å². The van der Waals surface area contributed by atoms with Gasteiger partial charge < -0.3 is 4.57 Å². The fraction of sp³-hybridized carbons (Fsp3) is 0. The van der Waals surface area contributed by atoms with Gasteiger partial charge in [0.05, 0.1) is 33.1 Å². The Kier molecular flexibility index (Phi) is 5.90. The molecule has 0 amide bonds.